The summed E-state index contributed by atoms with van der Waals surface area (Å²) in [4.78, 5) is 32.6. The van der Waals surface area contributed by atoms with E-state index in [-0.39, 0.29) is 11.9 Å². The van der Waals surface area contributed by atoms with Crippen molar-refractivity contribution < 1.29 is 14.3 Å². The summed E-state index contributed by atoms with van der Waals surface area (Å²) in [5.41, 5.74) is 0. The molecule has 0 radical (unpaired) electrons. The molecule has 0 aromatic carbocycles. The lowest BCUT2D eigenvalue weighted by atomic mass is 10.2. The molecule has 1 aliphatic rings. The van der Waals surface area contributed by atoms with Gasteiger partial charge in [0.1, 0.15) is 5.82 Å². The average molecular weight is 364 g/mol. The van der Waals surface area contributed by atoms with Crippen molar-refractivity contribution in [3.8, 4) is 0 Å². The number of amides is 1. The van der Waals surface area contributed by atoms with Crippen LogP contribution in [0.4, 0.5) is 0 Å². The van der Waals surface area contributed by atoms with Gasteiger partial charge in [-0.05, 0) is 26.9 Å². The molecule has 0 bridgehead atoms. The molecule has 7 heteroatoms. The molecule has 1 amide bonds. The van der Waals surface area contributed by atoms with Crippen LogP contribution in [0, 0.1) is 0 Å². The van der Waals surface area contributed by atoms with E-state index in [1.165, 1.54) is 0 Å². The first-order valence-electron chi connectivity index (χ1n) is 9.61. The van der Waals surface area contributed by atoms with Crippen molar-refractivity contribution in [2.75, 3.05) is 33.8 Å². The van der Waals surface area contributed by atoms with Gasteiger partial charge in [-0.25, -0.2) is 4.98 Å². The first kappa shape index (κ1) is 20.4. The zero-order valence-electron chi connectivity index (χ0n) is 16.3. The third kappa shape index (κ3) is 6.12. The summed E-state index contributed by atoms with van der Waals surface area (Å²) < 4.78 is 7.12. The monoisotopic (exact) mass is 364 g/mol. The Morgan fingerprint density at radius 2 is 2.15 bits per heavy atom. The van der Waals surface area contributed by atoms with Crippen LogP contribution in [0.5, 0.6) is 0 Å². The van der Waals surface area contributed by atoms with Crippen LogP contribution in [0.2, 0.25) is 0 Å². The van der Waals surface area contributed by atoms with Gasteiger partial charge in [0.15, 0.2) is 0 Å². The highest BCUT2D eigenvalue weighted by atomic mass is 16.5. The lowest BCUT2D eigenvalue weighted by Crippen LogP contribution is -2.34. The highest BCUT2D eigenvalue weighted by molar-refractivity contribution is 5.76. The van der Waals surface area contributed by atoms with Crippen molar-refractivity contribution >= 4 is 11.9 Å². The zero-order chi connectivity index (χ0) is 18.9. The number of esters is 1. The molecule has 2 rings (SSSR count). The Balaban J connectivity index is 1.74. The van der Waals surface area contributed by atoms with E-state index in [4.69, 9.17) is 4.74 Å². The third-order valence-electron chi connectivity index (χ3n) is 4.93. The first-order valence-corrected chi connectivity index (χ1v) is 9.61. The number of unbranched alkanes of at least 4 members (excludes halogenated alkanes) is 1. The average Bonchev–Trinajstić information content (AvgIpc) is 3.27. The number of likely N-dealkylation sites (tertiary alicyclic amines) is 1. The van der Waals surface area contributed by atoms with Crippen LogP contribution in [0.25, 0.3) is 0 Å². The van der Waals surface area contributed by atoms with Gasteiger partial charge >= 0.3 is 5.97 Å². The number of aryl methyl sites for hydroxylation is 2. The van der Waals surface area contributed by atoms with Crippen LogP contribution in [-0.2, 0) is 27.3 Å². The van der Waals surface area contributed by atoms with Crippen molar-refractivity contribution in [2.24, 2.45) is 0 Å². The van der Waals surface area contributed by atoms with Crippen LogP contribution in [0.3, 0.4) is 0 Å². The van der Waals surface area contributed by atoms with Gasteiger partial charge in [-0.2, -0.15) is 0 Å². The Labute approximate surface area is 156 Å². The largest absolute Gasteiger partial charge is 0.466 e. The summed E-state index contributed by atoms with van der Waals surface area (Å²) in [5.74, 6) is 0.854. The second-order valence-corrected chi connectivity index (χ2v) is 7.11. The van der Waals surface area contributed by atoms with Gasteiger partial charge in [-0.15, -0.1) is 0 Å². The smallest absolute Gasteiger partial charge is 0.307 e. The Kier molecular flexibility index (Phi) is 8.09. The molecule has 1 atom stereocenters. The molecule has 146 valence electrons. The predicted molar refractivity (Wildman–Crippen MR) is 99.7 cm³/mol. The highest BCUT2D eigenvalue weighted by Crippen LogP contribution is 2.15. The van der Waals surface area contributed by atoms with E-state index in [9.17, 15) is 9.59 Å². The van der Waals surface area contributed by atoms with E-state index in [0.717, 1.165) is 38.2 Å². The summed E-state index contributed by atoms with van der Waals surface area (Å²) in [6.45, 7) is 4.74. The predicted octanol–water partition coefficient (Wildman–Crippen LogP) is 1.71. The number of rotatable bonds is 10. The van der Waals surface area contributed by atoms with Gasteiger partial charge in [0, 0.05) is 50.9 Å². The molecule has 2 heterocycles. The molecule has 0 spiro atoms. The van der Waals surface area contributed by atoms with Crippen LogP contribution < -0.4 is 0 Å². The van der Waals surface area contributed by atoms with E-state index in [0.29, 0.717) is 38.5 Å². The van der Waals surface area contributed by atoms with Crippen molar-refractivity contribution in [3.05, 3.63) is 18.2 Å². The Hall–Kier alpha value is -1.89. The van der Waals surface area contributed by atoms with Gasteiger partial charge in [-0.1, -0.05) is 13.3 Å². The molecular weight excluding hydrogens is 332 g/mol. The maximum atomic E-state index is 12.4. The number of imidazole rings is 1. The van der Waals surface area contributed by atoms with Crippen LogP contribution in [0.15, 0.2) is 12.4 Å². The molecule has 0 aliphatic carbocycles. The quantitative estimate of drug-likeness (QED) is 0.467. The summed E-state index contributed by atoms with van der Waals surface area (Å²) >= 11 is 0. The number of ether oxygens (including phenoxy) is 1. The van der Waals surface area contributed by atoms with Gasteiger partial charge in [-0.3, -0.25) is 9.59 Å². The molecule has 1 aromatic rings. The molecule has 1 fully saturated rings. The van der Waals surface area contributed by atoms with Gasteiger partial charge < -0.3 is 19.1 Å². The molecule has 7 nitrogen and oxygen atoms in total. The number of hydrogen-bond acceptors (Lipinski definition) is 5. The number of carbonyl (C=O) groups excluding carboxylic acids is 2. The Bertz CT molecular complexity index is 585. The van der Waals surface area contributed by atoms with Gasteiger partial charge in [0.25, 0.3) is 0 Å². The first-order chi connectivity index (χ1) is 12.5. The molecule has 26 heavy (non-hydrogen) atoms. The van der Waals surface area contributed by atoms with Crippen LogP contribution in [-0.4, -0.2) is 71.1 Å². The van der Waals surface area contributed by atoms with Crippen LogP contribution in [0.1, 0.15) is 44.9 Å². The fraction of sp³-hybridized carbons (Fsp3) is 0.737. The molecule has 0 unspecified atom stereocenters. The minimum Gasteiger partial charge on any atom is -0.466 e. The van der Waals surface area contributed by atoms with E-state index >= 15 is 0 Å². The van der Waals surface area contributed by atoms with E-state index in [1.54, 1.807) is 6.20 Å². The molecule has 1 aromatic heterocycles. The normalized spacial score (nSPS) is 17.1. The number of aromatic nitrogens is 2. The summed E-state index contributed by atoms with van der Waals surface area (Å²) in [5, 5.41) is 0. The minimum atomic E-state index is -0.180. The molecular formula is C19H32N4O3. The minimum absolute atomic E-state index is 0.180. The Morgan fingerprint density at radius 3 is 2.85 bits per heavy atom. The molecule has 1 saturated heterocycles. The Morgan fingerprint density at radius 1 is 1.35 bits per heavy atom. The van der Waals surface area contributed by atoms with E-state index in [2.05, 4.69) is 30.9 Å². The van der Waals surface area contributed by atoms with Crippen molar-refractivity contribution in [2.45, 2.75) is 58.0 Å². The van der Waals surface area contributed by atoms with Crippen molar-refractivity contribution in [3.63, 3.8) is 0 Å². The van der Waals surface area contributed by atoms with E-state index < -0.39 is 0 Å². The molecule has 0 N–H and O–H groups in total. The van der Waals surface area contributed by atoms with E-state index in [1.807, 2.05) is 15.7 Å². The SMILES string of the molecule is CCCCOC(=O)CCn1ccnc1CCC(=O)N1CC[C@H](N(C)C)C1. The zero-order valence-corrected chi connectivity index (χ0v) is 16.3. The van der Waals surface area contributed by atoms with Crippen LogP contribution >= 0.6 is 0 Å². The number of hydrogen-bond donors (Lipinski definition) is 0. The number of nitrogens with zero attached hydrogens (tertiary/aromatic N) is 4. The summed E-state index contributed by atoms with van der Waals surface area (Å²) in [7, 11) is 4.12. The van der Waals surface area contributed by atoms with Gasteiger partial charge in [0.05, 0.1) is 13.0 Å². The second-order valence-electron chi connectivity index (χ2n) is 7.11. The standard InChI is InChI=1S/C19H32N4O3/c1-4-5-14-26-19(25)9-12-22-13-10-20-17(22)6-7-18(24)23-11-8-16(15-23)21(2)3/h10,13,16H,4-9,11-12,14-15H2,1-3H3/t16-/m0/s1. The second kappa shape index (κ2) is 10.3. The maximum absolute atomic E-state index is 12.4. The fourth-order valence-electron chi connectivity index (χ4n) is 3.15. The lowest BCUT2D eigenvalue weighted by molar-refractivity contribution is -0.144. The molecule has 0 saturated carbocycles. The van der Waals surface area contributed by atoms with Gasteiger partial charge in [0.2, 0.25) is 5.91 Å². The van der Waals surface area contributed by atoms with Crippen molar-refractivity contribution in [1.29, 1.82) is 0 Å². The van der Waals surface area contributed by atoms with Crippen molar-refractivity contribution in [1.82, 2.24) is 19.4 Å². The number of likely N-dealkylation sites (N-methyl/N-ethyl adjacent to an activating group) is 1. The topological polar surface area (TPSA) is 67.7 Å². The third-order valence-corrected chi connectivity index (χ3v) is 4.93. The fourth-order valence-corrected chi connectivity index (χ4v) is 3.15. The summed E-state index contributed by atoms with van der Waals surface area (Å²) in [6.07, 6.45) is 7.91. The highest BCUT2D eigenvalue weighted by Gasteiger charge is 2.27. The molecule has 1 aliphatic heterocycles. The lowest BCUT2D eigenvalue weighted by Gasteiger charge is -2.20. The number of carbonyl (C=O) groups is 2. The summed E-state index contributed by atoms with van der Waals surface area (Å²) in [6, 6.07) is 0.458. The maximum Gasteiger partial charge on any atom is 0.307 e.